The maximum absolute atomic E-state index is 10.9. The maximum atomic E-state index is 10.9. The predicted octanol–water partition coefficient (Wildman–Crippen LogP) is 2.48. The van der Waals surface area contributed by atoms with Gasteiger partial charge < -0.3 is 0 Å². The highest BCUT2D eigenvalue weighted by Crippen LogP contribution is 2.22. The molecule has 0 aromatic heterocycles. The zero-order chi connectivity index (χ0) is 10.6. The van der Waals surface area contributed by atoms with Gasteiger partial charge in [0, 0.05) is 19.0 Å². The van der Waals surface area contributed by atoms with Gasteiger partial charge in [0.05, 0.1) is 0 Å². The van der Waals surface area contributed by atoms with Crippen molar-refractivity contribution in [2.24, 2.45) is 5.92 Å². The molecule has 0 N–H and O–H groups in total. The lowest BCUT2D eigenvalue weighted by Gasteiger charge is -2.38. The van der Waals surface area contributed by atoms with Gasteiger partial charge in [-0.2, -0.15) is 0 Å². The summed E-state index contributed by atoms with van der Waals surface area (Å²) in [6.07, 6.45) is 4.71. The van der Waals surface area contributed by atoms with Crippen molar-refractivity contribution >= 4 is 5.78 Å². The van der Waals surface area contributed by atoms with Crippen LogP contribution >= 0.6 is 0 Å². The molecule has 1 saturated heterocycles. The van der Waals surface area contributed by atoms with Crippen LogP contribution in [0.5, 0.6) is 0 Å². The molecule has 82 valence electrons. The molecular weight excluding hydrogens is 174 g/mol. The smallest absolute Gasteiger partial charge is 0.131 e. The Morgan fingerprint density at radius 3 is 2.71 bits per heavy atom. The van der Waals surface area contributed by atoms with Crippen molar-refractivity contribution in [1.29, 1.82) is 0 Å². The van der Waals surface area contributed by atoms with Crippen LogP contribution in [0.2, 0.25) is 0 Å². The van der Waals surface area contributed by atoms with Crippen molar-refractivity contribution in [3.05, 3.63) is 0 Å². The van der Waals surface area contributed by atoms with Crippen LogP contribution in [0.15, 0.2) is 0 Å². The summed E-state index contributed by atoms with van der Waals surface area (Å²) in [5.41, 5.74) is 0. The third-order valence-electron chi connectivity index (χ3n) is 3.18. The second-order valence-electron chi connectivity index (χ2n) is 4.80. The first-order valence-electron chi connectivity index (χ1n) is 5.84. The first kappa shape index (κ1) is 11.7. The second kappa shape index (κ2) is 5.50. The van der Waals surface area contributed by atoms with E-state index in [2.05, 4.69) is 18.7 Å². The van der Waals surface area contributed by atoms with E-state index < -0.39 is 0 Å². The van der Waals surface area contributed by atoms with Gasteiger partial charge in [0.2, 0.25) is 0 Å². The minimum atomic E-state index is 0.318. The van der Waals surface area contributed by atoms with E-state index >= 15 is 0 Å². The minimum absolute atomic E-state index is 0.318. The number of nitrogens with zero attached hydrogens (tertiary/aromatic N) is 1. The standard InChI is InChI=1S/C12H23NO/c1-10(2)12-6-4-5-8-13(12)9-7-11(3)14/h10,12H,4-9H2,1-3H3. The van der Waals surface area contributed by atoms with Crippen LogP contribution in [0.25, 0.3) is 0 Å². The summed E-state index contributed by atoms with van der Waals surface area (Å²) in [6, 6.07) is 0.711. The number of rotatable bonds is 4. The summed E-state index contributed by atoms with van der Waals surface area (Å²) in [5, 5.41) is 0. The number of piperidine rings is 1. The SMILES string of the molecule is CC(=O)CCN1CCCCC1C(C)C. The molecule has 0 amide bonds. The molecule has 0 bridgehead atoms. The summed E-state index contributed by atoms with van der Waals surface area (Å²) >= 11 is 0. The lowest BCUT2D eigenvalue weighted by atomic mass is 9.92. The Labute approximate surface area is 87.7 Å². The molecule has 1 fully saturated rings. The highest BCUT2D eigenvalue weighted by molar-refractivity contribution is 5.75. The highest BCUT2D eigenvalue weighted by atomic mass is 16.1. The Hall–Kier alpha value is -0.370. The summed E-state index contributed by atoms with van der Waals surface area (Å²) in [6.45, 7) is 8.43. The van der Waals surface area contributed by atoms with E-state index in [1.54, 1.807) is 6.92 Å². The van der Waals surface area contributed by atoms with E-state index in [1.807, 2.05) is 0 Å². The summed E-state index contributed by atoms with van der Waals surface area (Å²) in [7, 11) is 0. The number of hydrogen-bond donors (Lipinski definition) is 0. The molecule has 0 aromatic rings. The largest absolute Gasteiger partial charge is 0.300 e. The quantitative estimate of drug-likeness (QED) is 0.690. The average molecular weight is 197 g/mol. The third-order valence-corrected chi connectivity index (χ3v) is 3.18. The fourth-order valence-corrected chi connectivity index (χ4v) is 2.35. The molecule has 1 aliphatic heterocycles. The van der Waals surface area contributed by atoms with Crippen molar-refractivity contribution < 1.29 is 4.79 Å². The first-order chi connectivity index (χ1) is 6.61. The minimum Gasteiger partial charge on any atom is -0.300 e. The first-order valence-corrected chi connectivity index (χ1v) is 5.84. The predicted molar refractivity (Wildman–Crippen MR) is 59.3 cm³/mol. The molecule has 0 aromatic carbocycles. The molecule has 1 unspecified atom stereocenters. The lowest BCUT2D eigenvalue weighted by molar-refractivity contribution is -0.117. The molecule has 2 heteroatoms. The molecule has 2 nitrogen and oxygen atoms in total. The topological polar surface area (TPSA) is 20.3 Å². The molecule has 0 radical (unpaired) electrons. The molecule has 0 aliphatic carbocycles. The van der Waals surface area contributed by atoms with Crippen molar-refractivity contribution in [3.8, 4) is 0 Å². The van der Waals surface area contributed by atoms with Gasteiger partial charge in [-0.25, -0.2) is 0 Å². The fraction of sp³-hybridized carbons (Fsp3) is 0.917. The zero-order valence-electron chi connectivity index (χ0n) is 9.75. The third kappa shape index (κ3) is 3.41. The summed E-state index contributed by atoms with van der Waals surface area (Å²) in [4.78, 5) is 13.4. The zero-order valence-corrected chi connectivity index (χ0v) is 9.75. The second-order valence-corrected chi connectivity index (χ2v) is 4.80. The Morgan fingerprint density at radius 1 is 1.43 bits per heavy atom. The molecule has 1 heterocycles. The van der Waals surface area contributed by atoms with Crippen LogP contribution in [0, 0.1) is 5.92 Å². The number of ketones is 1. The van der Waals surface area contributed by atoms with Crippen LogP contribution in [-0.2, 0) is 4.79 Å². The maximum Gasteiger partial charge on any atom is 0.131 e. The highest BCUT2D eigenvalue weighted by Gasteiger charge is 2.24. The molecular formula is C12H23NO. The van der Waals surface area contributed by atoms with E-state index in [1.165, 1.54) is 25.8 Å². The van der Waals surface area contributed by atoms with Gasteiger partial charge >= 0.3 is 0 Å². The Morgan fingerprint density at radius 2 is 2.14 bits per heavy atom. The molecule has 1 aliphatic rings. The normalized spacial score (nSPS) is 24.1. The van der Waals surface area contributed by atoms with Crippen LogP contribution in [0.1, 0.15) is 46.5 Å². The van der Waals surface area contributed by atoms with Gasteiger partial charge in [-0.05, 0) is 32.2 Å². The van der Waals surface area contributed by atoms with E-state index in [-0.39, 0.29) is 0 Å². The number of carbonyl (C=O) groups is 1. The van der Waals surface area contributed by atoms with Crippen LogP contribution in [0.3, 0.4) is 0 Å². The number of hydrogen-bond acceptors (Lipinski definition) is 2. The van der Waals surface area contributed by atoms with Gasteiger partial charge in [-0.3, -0.25) is 9.69 Å². The van der Waals surface area contributed by atoms with Crippen molar-refractivity contribution in [2.45, 2.75) is 52.5 Å². The number of carbonyl (C=O) groups excluding carboxylic acids is 1. The number of Topliss-reactive ketones (excluding diaryl/α,β-unsaturated/α-hetero) is 1. The van der Waals surface area contributed by atoms with Gasteiger partial charge in [0.1, 0.15) is 5.78 Å². The number of likely N-dealkylation sites (tertiary alicyclic amines) is 1. The van der Waals surface area contributed by atoms with Gasteiger partial charge in [-0.1, -0.05) is 20.3 Å². The van der Waals surface area contributed by atoms with Crippen molar-refractivity contribution in [2.75, 3.05) is 13.1 Å². The molecule has 1 rings (SSSR count). The fourth-order valence-electron chi connectivity index (χ4n) is 2.35. The average Bonchev–Trinajstić information content (AvgIpc) is 2.15. The van der Waals surface area contributed by atoms with E-state index in [0.717, 1.165) is 18.9 Å². The molecule has 14 heavy (non-hydrogen) atoms. The molecule has 0 spiro atoms. The van der Waals surface area contributed by atoms with E-state index in [9.17, 15) is 4.79 Å². The van der Waals surface area contributed by atoms with Crippen LogP contribution in [0.4, 0.5) is 0 Å². The van der Waals surface area contributed by atoms with E-state index in [4.69, 9.17) is 0 Å². The van der Waals surface area contributed by atoms with Crippen molar-refractivity contribution in [1.82, 2.24) is 4.90 Å². The lowest BCUT2D eigenvalue weighted by Crippen LogP contribution is -2.43. The van der Waals surface area contributed by atoms with Crippen molar-refractivity contribution in [3.63, 3.8) is 0 Å². The van der Waals surface area contributed by atoms with Gasteiger partial charge in [-0.15, -0.1) is 0 Å². The van der Waals surface area contributed by atoms with Gasteiger partial charge in [0.25, 0.3) is 0 Å². The molecule has 1 atom stereocenters. The summed E-state index contributed by atoms with van der Waals surface area (Å²) < 4.78 is 0. The molecule has 0 saturated carbocycles. The van der Waals surface area contributed by atoms with Crippen LogP contribution < -0.4 is 0 Å². The van der Waals surface area contributed by atoms with E-state index in [0.29, 0.717) is 11.8 Å². The van der Waals surface area contributed by atoms with Gasteiger partial charge in [0.15, 0.2) is 0 Å². The van der Waals surface area contributed by atoms with Crippen LogP contribution in [-0.4, -0.2) is 29.8 Å². The monoisotopic (exact) mass is 197 g/mol. The Kier molecular flexibility index (Phi) is 4.59. The Bertz CT molecular complexity index is 189. The Balaban J connectivity index is 2.41. The summed E-state index contributed by atoms with van der Waals surface area (Å²) in [5.74, 6) is 1.04.